The smallest absolute Gasteiger partial charge is 0.294 e. The standard InChI is InChI=1S/C22H26O5P/c23-21(19-11-3-1-4-12-19)15-7-9-17-26-28(25)27-18-10-8-16-22(24)20-13-5-2-6-14-20/h1-6,11-14H,7-10,15-18H2/q+1. The molecule has 2 aromatic carbocycles. The molecule has 2 aromatic rings. The van der Waals surface area contributed by atoms with Crippen molar-refractivity contribution in [3.63, 3.8) is 0 Å². The number of ketones is 2. The Hall–Kier alpha value is -2.20. The van der Waals surface area contributed by atoms with E-state index in [0.29, 0.717) is 62.9 Å². The van der Waals surface area contributed by atoms with Crippen LogP contribution < -0.4 is 0 Å². The molecular formula is C22H26O5P+. The molecule has 0 amide bonds. The quantitative estimate of drug-likeness (QED) is 0.228. The van der Waals surface area contributed by atoms with Gasteiger partial charge < -0.3 is 0 Å². The molecular weight excluding hydrogens is 375 g/mol. The van der Waals surface area contributed by atoms with Gasteiger partial charge in [0.25, 0.3) is 0 Å². The fourth-order valence-corrected chi connectivity index (χ4v) is 3.26. The molecule has 0 saturated carbocycles. The van der Waals surface area contributed by atoms with Crippen LogP contribution in [0.15, 0.2) is 60.7 Å². The van der Waals surface area contributed by atoms with Crippen molar-refractivity contribution in [1.82, 2.24) is 0 Å². The van der Waals surface area contributed by atoms with Gasteiger partial charge in [-0.3, -0.25) is 9.59 Å². The molecule has 0 radical (unpaired) electrons. The van der Waals surface area contributed by atoms with Gasteiger partial charge in [-0.15, -0.1) is 9.05 Å². The molecule has 148 valence electrons. The van der Waals surface area contributed by atoms with Crippen molar-refractivity contribution in [3.05, 3.63) is 71.8 Å². The third kappa shape index (κ3) is 8.66. The number of benzene rings is 2. The molecule has 2 rings (SSSR count). The second-order valence-electron chi connectivity index (χ2n) is 6.38. The van der Waals surface area contributed by atoms with E-state index in [4.69, 9.17) is 9.05 Å². The maximum absolute atomic E-state index is 11.9. The van der Waals surface area contributed by atoms with Crippen molar-refractivity contribution in [3.8, 4) is 0 Å². The largest absolute Gasteiger partial charge is 0.697 e. The molecule has 0 aliphatic heterocycles. The molecule has 0 fully saturated rings. The van der Waals surface area contributed by atoms with Gasteiger partial charge in [-0.05, 0) is 25.7 Å². The third-order valence-electron chi connectivity index (χ3n) is 4.18. The van der Waals surface area contributed by atoms with Gasteiger partial charge in [-0.25, -0.2) is 0 Å². The lowest BCUT2D eigenvalue weighted by Crippen LogP contribution is -2.00. The Bertz CT molecular complexity index is 683. The fourth-order valence-electron chi connectivity index (χ4n) is 2.63. The highest BCUT2D eigenvalue weighted by Gasteiger charge is 2.19. The van der Waals surface area contributed by atoms with Gasteiger partial charge in [0, 0.05) is 28.5 Å². The van der Waals surface area contributed by atoms with E-state index in [2.05, 4.69) is 0 Å². The monoisotopic (exact) mass is 401 g/mol. The maximum Gasteiger partial charge on any atom is 0.697 e. The summed E-state index contributed by atoms with van der Waals surface area (Å²) in [7, 11) is -2.15. The van der Waals surface area contributed by atoms with Crippen LogP contribution >= 0.6 is 8.25 Å². The van der Waals surface area contributed by atoms with Crippen LogP contribution in [0.2, 0.25) is 0 Å². The summed E-state index contributed by atoms with van der Waals surface area (Å²) in [5.74, 6) is 0.206. The predicted octanol–water partition coefficient (Wildman–Crippen LogP) is 5.78. The Morgan fingerprint density at radius 1 is 0.643 bits per heavy atom. The topological polar surface area (TPSA) is 69.7 Å². The Kier molecular flexibility index (Phi) is 10.3. The Balaban J connectivity index is 1.46. The predicted molar refractivity (Wildman–Crippen MR) is 109 cm³/mol. The highest BCUT2D eigenvalue weighted by Crippen LogP contribution is 2.24. The lowest BCUT2D eigenvalue weighted by atomic mass is 10.1. The first-order valence-electron chi connectivity index (χ1n) is 9.56. The van der Waals surface area contributed by atoms with Gasteiger partial charge in [0.2, 0.25) is 0 Å². The van der Waals surface area contributed by atoms with Gasteiger partial charge >= 0.3 is 8.25 Å². The molecule has 0 aromatic heterocycles. The van der Waals surface area contributed by atoms with Crippen molar-refractivity contribution in [2.45, 2.75) is 38.5 Å². The molecule has 0 saturated heterocycles. The zero-order valence-corrected chi connectivity index (χ0v) is 16.8. The van der Waals surface area contributed by atoms with Crippen molar-refractivity contribution in [2.75, 3.05) is 13.2 Å². The van der Waals surface area contributed by atoms with E-state index in [0.717, 1.165) is 0 Å². The zero-order valence-electron chi connectivity index (χ0n) is 15.9. The summed E-state index contributed by atoms with van der Waals surface area (Å²) >= 11 is 0. The summed E-state index contributed by atoms with van der Waals surface area (Å²) in [6, 6.07) is 18.3. The first kappa shape index (κ1) is 22.1. The van der Waals surface area contributed by atoms with Crippen LogP contribution in [0.3, 0.4) is 0 Å². The molecule has 5 nitrogen and oxygen atoms in total. The molecule has 0 atom stereocenters. The van der Waals surface area contributed by atoms with Crippen LogP contribution in [-0.4, -0.2) is 24.8 Å². The summed E-state index contributed by atoms with van der Waals surface area (Å²) in [6.45, 7) is 0.591. The number of rotatable bonds is 14. The maximum atomic E-state index is 11.9. The molecule has 0 bridgehead atoms. The molecule has 0 aliphatic carbocycles. The van der Waals surface area contributed by atoms with Crippen molar-refractivity contribution >= 4 is 19.8 Å². The van der Waals surface area contributed by atoms with E-state index in [9.17, 15) is 14.2 Å². The second-order valence-corrected chi connectivity index (χ2v) is 7.35. The molecule has 28 heavy (non-hydrogen) atoms. The SMILES string of the molecule is O=C(CCCCO[P+](=O)OCCCCC(=O)c1ccccc1)c1ccccc1. The van der Waals surface area contributed by atoms with E-state index in [1.54, 1.807) is 24.3 Å². The van der Waals surface area contributed by atoms with Gasteiger partial charge in [-0.1, -0.05) is 60.7 Å². The van der Waals surface area contributed by atoms with Crippen LogP contribution in [0.5, 0.6) is 0 Å². The molecule has 6 heteroatoms. The van der Waals surface area contributed by atoms with Crippen LogP contribution in [0.4, 0.5) is 0 Å². The van der Waals surface area contributed by atoms with Crippen molar-refractivity contribution < 1.29 is 23.2 Å². The average molecular weight is 401 g/mol. The number of unbranched alkanes of at least 4 members (excludes halogenated alkanes) is 2. The van der Waals surface area contributed by atoms with E-state index in [1.165, 1.54) is 0 Å². The second kappa shape index (κ2) is 13.1. The van der Waals surface area contributed by atoms with E-state index in [-0.39, 0.29) is 11.6 Å². The number of hydrogen-bond donors (Lipinski definition) is 0. The van der Waals surface area contributed by atoms with Crippen molar-refractivity contribution in [1.29, 1.82) is 0 Å². The Morgan fingerprint density at radius 3 is 1.43 bits per heavy atom. The zero-order chi connectivity index (χ0) is 20.0. The molecule has 0 N–H and O–H groups in total. The highest BCUT2D eigenvalue weighted by atomic mass is 31.1. The Labute approximate surface area is 167 Å². The van der Waals surface area contributed by atoms with Crippen LogP contribution in [-0.2, 0) is 13.6 Å². The minimum atomic E-state index is -2.15. The average Bonchev–Trinajstić information content (AvgIpc) is 2.74. The van der Waals surface area contributed by atoms with Gasteiger partial charge in [0.1, 0.15) is 13.2 Å². The lowest BCUT2D eigenvalue weighted by molar-refractivity contribution is 0.0970. The normalized spacial score (nSPS) is 10.6. The first-order valence-corrected chi connectivity index (χ1v) is 10.7. The molecule has 0 aliphatic rings. The van der Waals surface area contributed by atoms with Gasteiger partial charge in [0.15, 0.2) is 11.6 Å². The Morgan fingerprint density at radius 2 is 1.04 bits per heavy atom. The minimum Gasteiger partial charge on any atom is -0.294 e. The summed E-state index contributed by atoms with van der Waals surface area (Å²) < 4.78 is 21.9. The number of carbonyl (C=O) groups excluding carboxylic acids is 2. The third-order valence-corrected chi connectivity index (χ3v) is 4.97. The molecule has 0 unspecified atom stereocenters. The minimum absolute atomic E-state index is 0.103. The number of hydrogen-bond acceptors (Lipinski definition) is 5. The van der Waals surface area contributed by atoms with Crippen LogP contribution in [0, 0.1) is 0 Å². The highest BCUT2D eigenvalue weighted by molar-refractivity contribution is 7.33. The number of Topliss-reactive ketones (excluding diaryl/α,β-unsaturated/α-hetero) is 2. The van der Waals surface area contributed by atoms with Crippen molar-refractivity contribution in [2.24, 2.45) is 0 Å². The first-order chi connectivity index (χ1) is 13.7. The number of carbonyl (C=O) groups is 2. The van der Waals surface area contributed by atoms with E-state index < -0.39 is 8.25 Å². The van der Waals surface area contributed by atoms with E-state index in [1.807, 2.05) is 36.4 Å². The molecule has 0 heterocycles. The fraction of sp³-hybridized carbons (Fsp3) is 0.364. The lowest BCUT2D eigenvalue weighted by Gasteiger charge is -2.00. The summed E-state index contributed by atoms with van der Waals surface area (Å²) in [6.07, 6.45) is 3.54. The van der Waals surface area contributed by atoms with E-state index >= 15 is 0 Å². The van der Waals surface area contributed by atoms with Crippen LogP contribution in [0.25, 0.3) is 0 Å². The molecule has 0 spiro atoms. The summed E-state index contributed by atoms with van der Waals surface area (Å²) in [5.41, 5.74) is 1.42. The summed E-state index contributed by atoms with van der Waals surface area (Å²) in [4.78, 5) is 23.9. The van der Waals surface area contributed by atoms with Gasteiger partial charge in [-0.2, -0.15) is 0 Å². The van der Waals surface area contributed by atoms with Gasteiger partial charge in [0.05, 0.1) is 0 Å². The summed E-state index contributed by atoms with van der Waals surface area (Å²) in [5, 5.41) is 0. The van der Waals surface area contributed by atoms with Crippen LogP contribution in [0.1, 0.15) is 59.2 Å².